The summed E-state index contributed by atoms with van der Waals surface area (Å²) in [6.45, 7) is 10.2. The summed E-state index contributed by atoms with van der Waals surface area (Å²) in [4.78, 5) is 13.1. The first-order valence-electron chi connectivity index (χ1n) is 8.77. The number of sulfone groups is 1. The van der Waals surface area contributed by atoms with Crippen LogP contribution >= 0.6 is 0 Å². The number of aryl methyl sites for hydroxylation is 1. The first-order chi connectivity index (χ1) is 12.0. The molecular formula is C21H27NO3S. The number of amides is 1. The summed E-state index contributed by atoms with van der Waals surface area (Å²) >= 11 is 0. The Balaban J connectivity index is 2.52. The third-order valence-electron chi connectivity index (χ3n) is 4.49. The van der Waals surface area contributed by atoms with Crippen LogP contribution in [0.15, 0.2) is 41.3 Å². The zero-order valence-electron chi connectivity index (χ0n) is 16.3. The Morgan fingerprint density at radius 2 is 1.50 bits per heavy atom. The van der Waals surface area contributed by atoms with Crippen molar-refractivity contribution in [2.75, 3.05) is 11.6 Å². The first-order valence-corrected chi connectivity index (χ1v) is 10.7. The van der Waals surface area contributed by atoms with E-state index in [4.69, 9.17) is 0 Å². The predicted molar refractivity (Wildman–Crippen MR) is 107 cm³/mol. The van der Waals surface area contributed by atoms with Crippen LogP contribution in [-0.2, 0) is 9.84 Å². The number of anilines is 1. The monoisotopic (exact) mass is 373 g/mol. The fraction of sp³-hybridized carbons (Fsp3) is 0.381. The van der Waals surface area contributed by atoms with Crippen LogP contribution in [0.2, 0.25) is 0 Å². The Morgan fingerprint density at radius 1 is 0.962 bits per heavy atom. The quantitative estimate of drug-likeness (QED) is 0.811. The molecule has 5 heteroatoms. The number of rotatable bonds is 5. The highest BCUT2D eigenvalue weighted by molar-refractivity contribution is 7.90. The smallest absolute Gasteiger partial charge is 0.255 e. The van der Waals surface area contributed by atoms with Crippen molar-refractivity contribution in [1.29, 1.82) is 0 Å². The van der Waals surface area contributed by atoms with Gasteiger partial charge in [0, 0.05) is 17.5 Å². The average Bonchev–Trinajstić information content (AvgIpc) is 2.53. The summed E-state index contributed by atoms with van der Waals surface area (Å²) in [7, 11) is -3.37. The zero-order chi connectivity index (χ0) is 19.6. The summed E-state index contributed by atoms with van der Waals surface area (Å²) in [5.41, 5.74) is 4.08. The molecule has 2 aromatic rings. The van der Waals surface area contributed by atoms with Crippen molar-refractivity contribution in [3.05, 3.63) is 58.7 Å². The molecule has 2 aromatic carbocycles. The third kappa shape index (κ3) is 4.33. The normalized spacial score (nSPS) is 11.8. The summed E-state index contributed by atoms with van der Waals surface area (Å²) in [6, 6.07) is 10.7. The number of carbonyl (C=O) groups excluding carboxylic acids is 1. The maximum atomic E-state index is 13.0. The molecule has 2 rings (SSSR count). The molecule has 0 aliphatic carbocycles. The van der Waals surface area contributed by atoms with Crippen molar-refractivity contribution in [2.45, 2.75) is 51.3 Å². The number of nitrogens with one attached hydrogen (secondary N) is 1. The van der Waals surface area contributed by atoms with E-state index in [1.165, 1.54) is 12.1 Å². The molecular weight excluding hydrogens is 346 g/mol. The van der Waals surface area contributed by atoms with Gasteiger partial charge < -0.3 is 5.32 Å². The van der Waals surface area contributed by atoms with Crippen molar-refractivity contribution in [3.8, 4) is 0 Å². The van der Waals surface area contributed by atoms with E-state index in [-0.39, 0.29) is 22.6 Å². The number of para-hydroxylation sites is 1. The van der Waals surface area contributed by atoms with E-state index in [0.717, 1.165) is 28.6 Å². The number of hydrogen-bond donors (Lipinski definition) is 1. The molecule has 26 heavy (non-hydrogen) atoms. The molecule has 0 spiro atoms. The van der Waals surface area contributed by atoms with Gasteiger partial charge in [0.1, 0.15) is 0 Å². The highest BCUT2D eigenvalue weighted by Gasteiger charge is 2.19. The van der Waals surface area contributed by atoms with Gasteiger partial charge in [-0.05, 0) is 47.6 Å². The third-order valence-corrected chi connectivity index (χ3v) is 5.60. The van der Waals surface area contributed by atoms with Gasteiger partial charge in [-0.2, -0.15) is 0 Å². The SMILES string of the molecule is Cc1ccc(S(C)(=O)=O)cc1C(=O)Nc1c(C(C)C)cccc1C(C)C. The van der Waals surface area contributed by atoms with Crippen molar-refractivity contribution in [3.63, 3.8) is 0 Å². The van der Waals surface area contributed by atoms with E-state index in [1.54, 1.807) is 13.0 Å². The lowest BCUT2D eigenvalue weighted by Gasteiger charge is -2.20. The van der Waals surface area contributed by atoms with Gasteiger partial charge >= 0.3 is 0 Å². The second kappa shape index (κ2) is 7.62. The van der Waals surface area contributed by atoms with Crippen molar-refractivity contribution in [2.24, 2.45) is 0 Å². The fourth-order valence-electron chi connectivity index (χ4n) is 2.95. The molecule has 140 valence electrons. The van der Waals surface area contributed by atoms with Crippen LogP contribution in [0.25, 0.3) is 0 Å². The van der Waals surface area contributed by atoms with Gasteiger partial charge in [-0.1, -0.05) is 52.0 Å². The Kier molecular flexibility index (Phi) is 5.91. The molecule has 1 N–H and O–H groups in total. The predicted octanol–water partition coefficient (Wildman–Crippen LogP) is 4.90. The van der Waals surface area contributed by atoms with Gasteiger partial charge in [0.05, 0.1) is 4.90 Å². The second-order valence-corrected chi connectivity index (χ2v) is 9.34. The van der Waals surface area contributed by atoms with E-state index in [1.807, 2.05) is 18.2 Å². The van der Waals surface area contributed by atoms with Crippen LogP contribution in [0, 0.1) is 6.92 Å². The topological polar surface area (TPSA) is 63.2 Å². The van der Waals surface area contributed by atoms with Gasteiger partial charge in [-0.25, -0.2) is 8.42 Å². The largest absolute Gasteiger partial charge is 0.321 e. The number of carbonyl (C=O) groups is 1. The van der Waals surface area contributed by atoms with Crippen LogP contribution in [0.1, 0.15) is 66.6 Å². The average molecular weight is 374 g/mol. The summed E-state index contributed by atoms with van der Waals surface area (Å²) < 4.78 is 23.7. The number of benzene rings is 2. The molecule has 0 fully saturated rings. The molecule has 0 saturated heterocycles. The van der Waals surface area contributed by atoms with Gasteiger partial charge in [0.25, 0.3) is 5.91 Å². The molecule has 4 nitrogen and oxygen atoms in total. The highest BCUT2D eigenvalue weighted by Crippen LogP contribution is 2.33. The first kappa shape index (κ1) is 20.2. The molecule has 0 aliphatic heterocycles. The standard InChI is InChI=1S/C21H27NO3S/c1-13(2)17-8-7-9-18(14(3)4)20(17)22-21(23)19-12-16(26(6,24)25)11-10-15(19)5/h7-14H,1-6H3,(H,22,23). The molecule has 1 amide bonds. The Bertz CT molecular complexity index is 902. The summed E-state index contributed by atoms with van der Waals surface area (Å²) in [5, 5.41) is 3.04. The van der Waals surface area contributed by atoms with Crippen LogP contribution in [0.3, 0.4) is 0 Å². The maximum absolute atomic E-state index is 13.0. The van der Waals surface area contributed by atoms with Crippen LogP contribution in [0.5, 0.6) is 0 Å². The van der Waals surface area contributed by atoms with E-state index < -0.39 is 9.84 Å². The molecule has 0 heterocycles. The van der Waals surface area contributed by atoms with E-state index in [0.29, 0.717) is 5.56 Å². The molecule has 0 aromatic heterocycles. The lowest BCUT2D eigenvalue weighted by molar-refractivity contribution is 0.102. The van der Waals surface area contributed by atoms with Gasteiger partial charge in [0.2, 0.25) is 0 Å². The highest BCUT2D eigenvalue weighted by atomic mass is 32.2. The molecule has 0 bridgehead atoms. The second-order valence-electron chi connectivity index (χ2n) is 7.32. The summed E-state index contributed by atoms with van der Waals surface area (Å²) in [6.07, 6.45) is 1.14. The van der Waals surface area contributed by atoms with Crippen LogP contribution < -0.4 is 5.32 Å². The van der Waals surface area contributed by atoms with Crippen LogP contribution in [0.4, 0.5) is 5.69 Å². The Hall–Kier alpha value is -2.14. The molecule has 0 unspecified atom stereocenters. The molecule has 0 atom stereocenters. The molecule has 0 aliphatic rings. The molecule has 0 saturated carbocycles. The lowest BCUT2D eigenvalue weighted by Crippen LogP contribution is -2.17. The van der Waals surface area contributed by atoms with E-state index in [9.17, 15) is 13.2 Å². The van der Waals surface area contributed by atoms with Crippen molar-refractivity contribution < 1.29 is 13.2 Å². The van der Waals surface area contributed by atoms with Crippen LogP contribution in [-0.4, -0.2) is 20.6 Å². The van der Waals surface area contributed by atoms with Gasteiger partial charge in [-0.15, -0.1) is 0 Å². The summed E-state index contributed by atoms with van der Waals surface area (Å²) in [5.74, 6) is 0.225. The Labute approximate surface area is 156 Å². The van der Waals surface area contributed by atoms with E-state index >= 15 is 0 Å². The fourth-order valence-corrected chi connectivity index (χ4v) is 3.60. The minimum absolute atomic E-state index is 0.148. The van der Waals surface area contributed by atoms with Gasteiger partial charge in [0.15, 0.2) is 9.84 Å². The lowest BCUT2D eigenvalue weighted by atomic mass is 9.92. The maximum Gasteiger partial charge on any atom is 0.255 e. The Morgan fingerprint density at radius 3 is 1.96 bits per heavy atom. The zero-order valence-corrected chi connectivity index (χ0v) is 17.1. The molecule has 0 radical (unpaired) electrons. The van der Waals surface area contributed by atoms with Crippen molar-refractivity contribution in [1.82, 2.24) is 0 Å². The minimum Gasteiger partial charge on any atom is -0.321 e. The van der Waals surface area contributed by atoms with Gasteiger partial charge in [-0.3, -0.25) is 4.79 Å². The number of hydrogen-bond acceptors (Lipinski definition) is 3. The minimum atomic E-state index is -3.37. The van der Waals surface area contributed by atoms with Crippen molar-refractivity contribution >= 4 is 21.4 Å². The van der Waals surface area contributed by atoms with E-state index in [2.05, 4.69) is 33.0 Å².